The van der Waals surface area contributed by atoms with E-state index >= 15 is 0 Å². The molecule has 0 aliphatic rings. The molecule has 4 heteroatoms. The van der Waals surface area contributed by atoms with Crippen LogP contribution in [0.2, 0.25) is 0 Å². The van der Waals surface area contributed by atoms with Gasteiger partial charge in [0.05, 0.1) is 22.2 Å². The van der Waals surface area contributed by atoms with E-state index in [0.717, 1.165) is 77.6 Å². The molecule has 0 spiro atoms. The molecule has 0 fully saturated rings. The molecular weight excluding hydrogens is 659 g/mol. The Morgan fingerprint density at radius 1 is 0.389 bits per heavy atom. The Balaban J connectivity index is 1.03. The number of para-hydroxylation sites is 4. The van der Waals surface area contributed by atoms with Crippen LogP contribution in [0.1, 0.15) is 0 Å². The molecule has 0 radical (unpaired) electrons. The summed E-state index contributed by atoms with van der Waals surface area (Å²) in [6, 6.07) is 66.1. The zero-order valence-electron chi connectivity index (χ0n) is 29.1. The summed E-state index contributed by atoms with van der Waals surface area (Å²) in [5.41, 5.74) is 13.5. The molecule has 0 amide bonds. The first-order valence-corrected chi connectivity index (χ1v) is 18.2. The fraction of sp³-hybridized carbons (Fsp3) is 0. The number of hydrogen-bond donors (Lipinski definition) is 0. The Labute approximate surface area is 311 Å². The highest BCUT2D eigenvalue weighted by molar-refractivity contribution is 6.11. The molecule has 0 aliphatic heterocycles. The summed E-state index contributed by atoms with van der Waals surface area (Å²) in [4.78, 5) is 10.4. The molecule has 0 saturated carbocycles. The number of fused-ring (bicyclic) bond motifs is 7. The van der Waals surface area contributed by atoms with Gasteiger partial charge in [0.15, 0.2) is 5.82 Å². The maximum absolute atomic E-state index is 6.34. The molecule has 3 heterocycles. The Hall–Kier alpha value is -7.30. The average molecular weight is 690 g/mol. The van der Waals surface area contributed by atoms with Crippen molar-refractivity contribution in [1.29, 1.82) is 0 Å². The van der Waals surface area contributed by atoms with Gasteiger partial charge < -0.3 is 8.98 Å². The fourth-order valence-corrected chi connectivity index (χ4v) is 8.03. The van der Waals surface area contributed by atoms with Crippen LogP contribution < -0.4 is 0 Å². The predicted octanol–water partition coefficient (Wildman–Crippen LogP) is 13.3. The Kier molecular flexibility index (Phi) is 6.82. The quantitative estimate of drug-likeness (QED) is 0.181. The third-order valence-electron chi connectivity index (χ3n) is 10.6. The van der Waals surface area contributed by atoms with Crippen LogP contribution in [0.25, 0.3) is 105 Å². The van der Waals surface area contributed by atoms with E-state index < -0.39 is 0 Å². The summed E-state index contributed by atoms with van der Waals surface area (Å²) < 4.78 is 8.71. The van der Waals surface area contributed by atoms with Crippen molar-refractivity contribution in [3.05, 3.63) is 188 Å². The van der Waals surface area contributed by atoms with Gasteiger partial charge in [-0.05, 0) is 59.2 Å². The van der Waals surface area contributed by atoms with Gasteiger partial charge in [0.1, 0.15) is 11.2 Å². The van der Waals surface area contributed by atoms with Crippen molar-refractivity contribution in [3.63, 3.8) is 0 Å². The number of aromatic nitrogens is 3. The highest BCUT2D eigenvalue weighted by atomic mass is 16.3. The average Bonchev–Trinajstić information content (AvgIpc) is 3.79. The third kappa shape index (κ3) is 4.85. The first-order chi connectivity index (χ1) is 26.8. The molecule has 0 N–H and O–H groups in total. The molecule has 4 nitrogen and oxygen atoms in total. The van der Waals surface area contributed by atoms with Crippen LogP contribution in [-0.4, -0.2) is 14.5 Å². The Bertz CT molecular complexity index is 3200. The smallest absolute Gasteiger partial charge is 0.160 e. The van der Waals surface area contributed by atoms with Crippen LogP contribution in [0, 0.1) is 0 Å². The maximum Gasteiger partial charge on any atom is 0.160 e. The molecule has 0 atom stereocenters. The van der Waals surface area contributed by atoms with E-state index in [0.29, 0.717) is 5.82 Å². The summed E-state index contributed by atoms with van der Waals surface area (Å²) in [7, 11) is 0. The van der Waals surface area contributed by atoms with E-state index in [4.69, 9.17) is 14.4 Å². The largest absolute Gasteiger partial charge is 0.455 e. The van der Waals surface area contributed by atoms with Crippen LogP contribution in [0.4, 0.5) is 0 Å². The highest BCUT2D eigenvalue weighted by Crippen LogP contribution is 2.39. The van der Waals surface area contributed by atoms with Gasteiger partial charge in [-0.25, -0.2) is 9.97 Å². The fourth-order valence-electron chi connectivity index (χ4n) is 8.03. The second-order valence-electron chi connectivity index (χ2n) is 13.8. The van der Waals surface area contributed by atoms with Crippen LogP contribution in [-0.2, 0) is 0 Å². The Morgan fingerprint density at radius 3 is 1.89 bits per heavy atom. The lowest BCUT2D eigenvalue weighted by Crippen LogP contribution is -1.96. The minimum absolute atomic E-state index is 0.691. The van der Waals surface area contributed by atoms with E-state index in [1.54, 1.807) is 0 Å². The molecule has 3 aromatic heterocycles. The summed E-state index contributed by atoms with van der Waals surface area (Å²) in [5.74, 6) is 0.691. The molecule has 11 rings (SSSR count). The van der Waals surface area contributed by atoms with Crippen molar-refractivity contribution in [2.45, 2.75) is 0 Å². The second kappa shape index (κ2) is 12.1. The lowest BCUT2D eigenvalue weighted by atomic mass is 9.98. The van der Waals surface area contributed by atoms with E-state index in [9.17, 15) is 0 Å². The normalized spacial score (nSPS) is 11.7. The van der Waals surface area contributed by atoms with Gasteiger partial charge in [0.2, 0.25) is 0 Å². The summed E-state index contributed by atoms with van der Waals surface area (Å²) in [6.07, 6.45) is 0. The van der Waals surface area contributed by atoms with Gasteiger partial charge in [-0.3, -0.25) is 0 Å². The topological polar surface area (TPSA) is 43.9 Å². The summed E-state index contributed by atoms with van der Waals surface area (Å²) in [5, 5.41) is 5.74. The number of hydrogen-bond acceptors (Lipinski definition) is 3. The summed E-state index contributed by atoms with van der Waals surface area (Å²) >= 11 is 0. The second-order valence-corrected chi connectivity index (χ2v) is 13.8. The van der Waals surface area contributed by atoms with Gasteiger partial charge >= 0.3 is 0 Å². The molecule has 0 saturated heterocycles. The zero-order chi connectivity index (χ0) is 35.6. The maximum atomic E-state index is 6.34. The first-order valence-electron chi connectivity index (χ1n) is 18.2. The third-order valence-corrected chi connectivity index (χ3v) is 10.6. The molecule has 252 valence electrons. The molecule has 0 bridgehead atoms. The molecule has 8 aromatic carbocycles. The van der Waals surface area contributed by atoms with Gasteiger partial charge in [0.25, 0.3) is 0 Å². The molecule has 0 aliphatic carbocycles. The van der Waals surface area contributed by atoms with Crippen LogP contribution >= 0.6 is 0 Å². The molecule has 11 aromatic rings. The lowest BCUT2D eigenvalue weighted by Gasteiger charge is -2.12. The van der Waals surface area contributed by atoms with Gasteiger partial charge in [-0.15, -0.1) is 0 Å². The van der Waals surface area contributed by atoms with E-state index in [1.807, 2.05) is 18.2 Å². The van der Waals surface area contributed by atoms with Crippen LogP contribution in [0.5, 0.6) is 0 Å². The molecular formula is C50H31N3O. The van der Waals surface area contributed by atoms with Crippen molar-refractivity contribution in [2.24, 2.45) is 0 Å². The van der Waals surface area contributed by atoms with E-state index in [1.165, 1.54) is 21.8 Å². The summed E-state index contributed by atoms with van der Waals surface area (Å²) in [6.45, 7) is 0. The van der Waals surface area contributed by atoms with Crippen molar-refractivity contribution in [3.8, 4) is 50.6 Å². The highest BCUT2D eigenvalue weighted by Gasteiger charge is 2.17. The number of nitrogens with zero attached hydrogens (tertiary/aromatic N) is 3. The van der Waals surface area contributed by atoms with E-state index in [2.05, 4.69) is 174 Å². The van der Waals surface area contributed by atoms with Gasteiger partial charge in [-0.2, -0.15) is 0 Å². The lowest BCUT2D eigenvalue weighted by molar-refractivity contribution is 0.670. The van der Waals surface area contributed by atoms with Gasteiger partial charge in [0, 0.05) is 49.3 Å². The van der Waals surface area contributed by atoms with Crippen molar-refractivity contribution in [1.82, 2.24) is 14.5 Å². The Morgan fingerprint density at radius 2 is 1.04 bits per heavy atom. The number of rotatable bonds is 5. The van der Waals surface area contributed by atoms with Crippen molar-refractivity contribution >= 4 is 54.6 Å². The standard InChI is InChI=1S/C50H31N3O/c1-3-12-33(13-4-1)48-43-30-35(36-26-28-40-39-16-7-9-20-45(39)53(46(40)31-36)37-14-5-2-6-15-37)27-29-44(43)51-50(52-48)34-24-22-32(23-25-34)38-18-11-19-42-41-17-8-10-21-47(41)54-49(38)42/h1-31H. The first kappa shape index (κ1) is 30.3. The minimum atomic E-state index is 0.691. The van der Waals surface area contributed by atoms with Gasteiger partial charge in [-0.1, -0.05) is 146 Å². The van der Waals surface area contributed by atoms with Crippen molar-refractivity contribution in [2.75, 3.05) is 0 Å². The van der Waals surface area contributed by atoms with E-state index in [-0.39, 0.29) is 0 Å². The molecule has 0 unspecified atom stereocenters. The zero-order valence-corrected chi connectivity index (χ0v) is 29.1. The monoisotopic (exact) mass is 689 g/mol. The van der Waals surface area contributed by atoms with Crippen molar-refractivity contribution < 1.29 is 4.42 Å². The number of furan rings is 1. The predicted molar refractivity (Wildman–Crippen MR) is 223 cm³/mol. The van der Waals surface area contributed by atoms with Crippen LogP contribution in [0.3, 0.4) is 0 Å². The minimum Gasteiger partial charge on any atom is -0.455 e. The number of benzene rings is 8. The SMILES string of the molecule is c1ccc(-c2nc(-c3ccc(-c4cccc5c4oc4ccccc45)cc3)nc3ccc(-c4ccc5c6ccccc6n(-c6ccccc6)c5c4)cc23)cc1. The van der Waals surface area contributed by atoms with Crippen LogP contribution in [0.15, 0.2) is 192 Å². The molecule has 54 heavy (non-hydrogen) atoms.